The van der Waals surface area contributed by atoms with Gasteiger partial charge in [-0.1, -0.05) is 6.08 Å². The lowest BCUT2D eigenvalue weighted by molar-refractivity contribution is -0.134. The van der Waals surface area contributed by atoms with Crippen molar-refractivity contribution in [2.45, 2.75) is 6.92 Å². The zero-order chi connectivity index (χ0) is 12.7. The third-order valence-corrected chi connectivity index (χ3v) is 2.11. The van der Waals surface area contributed by atoms with Gasteiger partial charge in [0.2, 0.25) is 0 Å². The molecule has 0 radical (unpaired) electrons. The highest BCUT2D eigenvalue weighted by Crippen LogP contribution is 2.13. The van der Waals surface area contributed by atoms with Crippen LogP contribution in [-0.2, 0) is 9.53 Å². The first-order valence-electron chi connectivity index (χ1n) is 5.20. The van der Waals surface area contributed by atoms with Crippen LogP contribution in [0.2, 0.25) is 0 Å². The van der Waals surface area contributed by atoms with Crippen molar-refractivity contribution in [1.29, 1.82) is 0 Å². The number of benzene rings is 1. The molecule has 90 valence electrons. The van der Waals surface area contributed by atoms with E-state index in [1.165, 1.54) is 13.2 Å². The van der Waals surface area contributed by atoms with E-state index in [0.29, 0.717) is 5.69 Å². The van der Waals surface area contributed by atoms with Gasteiger partial charge in [-0.05, 0) is 37.3 Å². The topological polar surface area (TPSA) is 64.3 Å². The molecule has 0 unspecified atom stereocenters. The highest BCUT2D eigenvalue weighted by atomic mass is 16.5. The van der Waals surface area contributed by atoms with E-state index >= 15 is 0 Å². The first-order valence-corrected chi connectivity index (χ1v) is 5.20. The molecule has 1 rings (SSSR count). The Morgan fingerprint density at radius 1 is 1.29 bits per heavy atom. The number of hydrogen-bond donors (Lipinski definition) is 2. The minimum Gasteiger partial charge on any atom is -0.466 e. The Morgan fingerprint density at radius 2 is 1.94 bits per heavy atom. The van der Waals surface area contributed by atoms with Crippen molar-refractivity contribution in [2.24, 2.45) is 0 Å². The zero-order valence-corrected chi connectivity index (χ0v) is 9.94. The minimum absolute atomic E-state index is 0.386. The first-order chi connectivity index (χ1) is 8.15. The number of carbonyl (C=O) groups is 1. The van der Waals surface area contributed by atoms with Crippen molar-refractivity contribution < 1.29 is 9.53 Å². The van der Waals surface area contributed by atoms with Gasteiger partial charge in [-0.15, -0.1) is 0 Å². The maximum atomic E-state index is 10.9. The molecule has 0 spiro atoms. The summed E-state index contributed by atoms with van der Waals surface area (Å²) in [7, 11) is 1.34. The number of rotatable bonds is 4. The average Bonchev–Trinajstić information content (AvgIpc) is 2.36. The number of nitrogen functional groups attached to an aromatic ring is 1. The molecule has 4 heteroatoms. The monoisotopic (exact) mass is 232 g/mol. The second kappa shape index (κ2) is 6.37. The van der Waals surface area contributed by atoms with Crippen molar-refractivity contribution in [1.82, 2.24) is 0 Å². The van der Waals surface area contributed by atoms with E-state index in [0.717, 1.165) is 11.4 Å². The molecule has 1 aromatic carbocycles. The molecule has 4 nitrogen and oxygen atoms in total. The molecule has 1 aromatic rings. The minimum atomic E-state index is -0.386. The van der Waals surface area contributed by atoms with Gasteiger partial charge in [-0.25, -0.2) is 4.79 Å². The van der Waals surface area contributed by atoms with Crippen LogP contribution in [0.1, 0.15) is 6.92 Å². The second-order valence-corrected chi connectivity index (χ2v) is 3.35. The third kappa shape index (κ3) is 4.42. The van der Waals surface area contributed by atoms with Crippen LogP contribution in [0.3, 0.4) is 0 Å². The van der Waals surface area contributed by atoms with Gasteiger partial charge in [0.25, 0.3) is 0 Å². The van der Waals surface area contributed by atoms with Crippen LogP contribution in [0.4, 0.5) is 11.4 Å². The van der Waals surface area contributed by atoms with Gasteiger partial charge in [-0.3, -0.25) is 0 Å². The predicted octanol–water partition coefficient (Wildman–Crippen LogP) is 2.31. The van der Waals surface area contributed by atoms with E-state index in [1.54, 1.807) is 18.2 Å². The van der Waals surface area contributed by atoms with Crippen molar-refractivity contribution in [2.75, 3.05) is 18.2 Å². The molecule has 3 N–H and O–H groups in total. The number of esters is 1. The summed E-state index contributed by atoms with van der Waals surface area (Å²) in [5, 5.41) is 3.15. The van der Waals surface area contributed by atoms with Crippen LogP contribution in [0.25, 0.3) is 0 Å². The summed E-state index contributed by atoms with van der Waals surface area (Å²) in [6.07, 6.45) is 4.87. The fourth-order valence-electron chi connectivity index (χ4n) is 1.17. The summed E-state index contributed by atoms with van der Waals surface area (Å²) in [6.45, 7) is 1.88. The standard InChI is InChI=1S/C13H16N2O2/c1-3-11(8-9-13(16)17-2)15-12-6-4-10(14)5-7-12/h3-9,15H,14H2,1-2H3/b9-8-,11-3?. The molecule has 0 amide bonds. The molecule has 0 saturated carbocycles. The Morgan fingerprint density at radius 3 is 2.47 bits per heavy atom. The van der Waals surface area contributed by atoms with Gasteiger partial charge < -0.3 is 15.8 Å². The van der Waals surface area contributed by atoms with Gasteiger partial charge >= 0.3 is 5.97 Å². The number of hydrogen-bond acceptors (Lipinski definition) is 4. The van der Waals surface area contributed by atoms with E-state index in [-0.39, 0.29) is 5.97 Å². The van der Waals surface area contributed by atoms with Crippen molar-refractivity contribution in [3.63, 3.8) is 0 Å². The molecule has 0 aliphatic carbocycles. The Balaban J connectivity index is 2.68. The predicted molar refractivity (Wildman–Crippen MR) is 69.4 cm³/mol. The highest BCUT2D eigenvalue weighted by Gasteiger charge is 1.96. The van der Waals surface area contributed by atoms with Crippen LogP contribution in [0.5, 0.6) is 0 Å². The Hall–Kier alpha value is -2.23. The van der Waals surface area contributed by atoms with Gasteiger partial charge in [0.1, 0.15) is 0 Å². The molecular formula is C13H16N2O2. The number of nitrogens with one attached hydrogen (secondary N) is 1. The van der Waals surface area contributed by atoms with E-state index < -0.39 is 0 Å². The third-order valence-electron chi connectivity index (χ3n) is 2.11. The summed E-state index contributed by atoms with van der Waals surface area (Å²) in [6, 6.07) is 7.34. The molecule has 0 fully saturated rings. The van der Waals surface area contributed by atoms with Crippen molar-refractivity contribution in [3.05, 3.63) is 48.2 Å². The maximum Gasteiger partial charge on any atom is 0.330 e. The van der Waals surface area contributed by atoms with Gasteiger partial charge in [0, 0.05) is 23.1 Å². The Bertz CT molecular complexity index is 433. The number of ether oxygens (including phenoxy) is 1. The lowest BCUT2D eigenvalue weighted by Gasteiger charge is -2.06. The Labute approximate surface area is 101 Å². The highest BCUT2D eigenvalue weighted by molar-refractivity contribution is 5.82. The summed E-state index contributed by atoms with van der Waals surface area (Å²) >= 11 is 0. The number of nitrogens with two attached hydrogens (primary N) is 1. The molecule has 0 atom stereocenters. The smallest absolute Gasteiger partial charge is 0.330 e. The quantitative estimate of drug-likeness (QED) is 0.362. The van der Waals surface area contributed by atoms with Crippen molar-refractivity contribution >= 4 is 17.3 Å². The van der Waals surface area contributed by atoms with Gasteiger partial charge in [0.15, 0.2) is 0 Å². The zero-order valence-electron chi connectivity index (χ0n) is 9.94. The molecule has 0 aliphatic heterocycles. The van der Waals surface area contributed by atoms with E-state index in [2.05, 4.69) is 10.1 Å². The molecule has 0 aromatic heterocycles. The Kier molecular flexibility index (Phi) is 4.81. The number of carbonyl (C=O) groups excluding carboxylic acids is 1. The summed E-state index contributed by atoms with van der Waals surface area (Å²) in [5.74, 6) is -0.386. The van der Waals surface area contributed by atoms with Crippen LogP contribution in [-0.4, -0.2) is 13.1 Å². The van der Waals surface area contributed by atoms with Gasteiger partial charge in [-0.2, -0.15) is 0 Å². The van der Waals surface area contributed by atoms with Crippen LogP contribution >= 0.6 is 0 Å². The summed E-state index contributed by atoms with van der Waals surface area (Å²) in [5.41, 5.74) is 8.01. The fraction of sp³-hybridized carbons (Fsp3) is 0.154. The van der Waals surface area contributed by atoms with E-state index in [4.69, 9.17) is 5.73 Å². The normalized spacial score (nSPS) is 11.5. The molecular weight excluding hydrogens is 216 g/mol. The van der Waals surface area contributed by atoms with E-state index in [9.17, 15) is 4.79 Å². The lowest BCUT2D eigenvalue weighted by atomic mass is 10.2. The summed E-state index contributed by atoms with van der Waals surface area (Å²) < 4.78 is 4.51. The van der Waals surface area contributed by atoms with Crippen LogP contribution < -0.4 is 11.1 Å². The number of methoxy groups -OCH3 is 1. The molecule has 0 heterocycles. The molecule has 0 bridgehead atoms. The number of allylic oxidation sites excluding steroid dienone is 2. The van der Waals surface area contributed by atoms with Gasteiger partial charge in [0.05, 0.1) is 7.11 Å². The summed E-state index contributed by atoms with van der Waals surface area (Å²) in [4.78, 5) is 10.9. The fourth-order valence-corrected chi connectivity index (χ4v) is 1.17. The van der Waals surface area contributed by atoms with Crippen molar-refractivity contribution in [3.8, 4) is 0 Å². The molecule has 17 heavy (non-hydrogen) atoms. The van der Waals surface area contributed by atoms with Crippen LogP contribution in [0, 0.1) is 0 Å². The molecule has 0 saturated heterocycles. The second-order valence-electron chi connectivity index (χ2n) is 3.35. The largest absolute Gasteiger partial charge is 0.466 e. The van der Waals surface area contributed by atoms with Crippen LogP contribution in [0.15, 0.2) is 48.2 Å². The van der Waals surface area contributed by atoms with E-state index in [1.807, 2.05) is 25.1 Å². The first kappa shape index (κ1) is 12.8. The average molecular weight is 232 g/mol. The number of anilines is 2. The molecule has 0 aliphatic rings. The maximum absolute atomic E-state index is 10.9. The SMILES string of the molecule is CC=C(/C=C\C(=O)OC)Nc1ccc(N)cc1. The lowest BCUT2D eigenvalue weighted by Crippen LogP contribution is -1.99.